The monoisotopic (exact) mass is 854 g/mol. The Morgan fingerprint density at radius 3 is 1.34 bits per heavy atom. The van der Waals surface area contributed by atoms with Crippen molar-refractivity contribution in [2.45, 2.75) is 150 Å². The molecule has 14 heteroatoms. The van der Waals surface area contributed by atoms with Gasteiger partial charge in [-0.2, -0.15) is 0 Å². The first-order chi connectivity index (χ1) is 28.3. The summed E-state index contributed by atoms with van der Waals surface area (Å²) in [5.41, 5.74) is -4.09. The van der Waals surface area contributed by atoms with Gasteiger partial charge in [0.2, 0.25) is 0 Å². The van der Waals surface area contributed by atoms with E-state index < -0.39 is 46.2 Å². The van der Waals surface area contributed by atoms with Crippen molar-refractivity contribution in [2.75, 3.05) is 39.5 Å². The minimum Gasteiger partial charge on any atom is -0.462 e. The summed E-state index contributed by atoms with van der Waals surface area (Å²) in [6, 6.07) is 0. The Balaban J connectivity index is 0.960. The lowest BCUT2D eigenvalue weighted by atomic mass is 9.39. The van der Waals surface area contributed by atoms with E-state index in [-0.39, 0.29) is 71.4 Å². The Hall–Kier alpha value is -4.10. The molecule has 8 bridgehead atoms. The second kappa shape index (κ2) is 16.5. The Morgan fingerprint density at radius 2 is 0.951 bits per heavy atom. The number of carbonyl (C=O) groups is 6. The lowest BCUT2D eigenvalue weighted by molar-refractivity contribution is -0.233. The summed E-state index contributed by atoms with van der Waals surface area (Å²) in [5, 5.41) is 6.01. The van der Waals surface area contributed by atoms with Crippen molar-refractivity contribution in [3.8, 4) is 0 Å². The predicted molar refractivity (Wildman–Crippen MR) is 224 cm³/mol. The van der Waals surface area contributed by atoms with Crippen LogP contribution < -0.4 is 10.6 Å². The van der Waals surface area contributed by atoms with Crippen LogP contribution in [0.5, 0.6) is 0 Å². The highest BCUT2D eigenvalue weighted by molar-refractivity contribution is 5.82. The molecule has 5 atom stereocenters. The molecule has 8 fully saturated rings. The van der Waals surface area contributed by atoms with Gasteiger partial charge in [0.25, 0.3) is 0 Å². The maximum atomic E-state index is 13.7. The Kier molecular flexibility index (Phi) is 12.6. The van der Waals surface area contributed by atoms with Crippen LogP contribution in [0.15, 0.2) is 25.3 Å². The van der Waals surface area contributed by atoms with Gasteiger partial charge in [-0.15, -0.1) is 0 Å². The van der Waals surface area contributed by atoms with E-state index in [1.165, 1.54) is 0 Å². The van der Waals surface area contributed by atoms with Crippen molar-refractivity contribution in [3.05, 3.63) is 25.3 Å². The van der Waals surface area contributed by atoms with E-state index in [4.69, 9.17) is 28.4 Å². The first-order valence-electron chi connectivity index (χ1n) is 22.2. The van der Waals surface area contributed by atoms with Crippen LogP contribution in [0.3, 0.4) is 0 Å². The number of carbonyl (C=O) groups excluding carboxylic acids is 6. The number of nitrogens with one attached hydrogen (secondary N) is 2. The van der Waals surface area contributed by atoms with E-state index in [1.54, 1.807) is 0 Å². The van der Waals surface area contributed by atoms with Crippen molar-refractivity contribution in [1.29, 1.82) is 0 Å². The van der Waals surface area contributed by atoms with E-state index >= 15 is 0 Å². The Labute approximate surface area is 361 Å². The van der Waals surface area contributed by atoms with Crippen LogP contribution in [0.2, 0.25) is 0 Å². The van der Waals surface area contributed by atoms with Crippen LogP contribution in [0.25, 0.3) is 0 Å². The molecule has 8 rings (SSSR count). The molecule has 8 aliphatic rings. The molecule has 0 spiro atoms. The largest absolute Gasteiger partial charge is 0.462 e. The average molecular weight is 855 g/mol. The predicted octanol–water partition coefficient (Wildman–Crippen LogP) is 7.66. The van der Waals surface area contributed by atoms with Gasteiger partial charge in [0.15, 0.2) is 0 Å². The van der Waals surface area contributed by atoms with Gasteiger partial charge in [-0.3, -0.25) is 9.59 Å². The molecule has 8 aliphatic carbocycles. The molecule has 5 unspecified atom stereocenters. The zero-order valence-corrected chi connectivity index (χ0v) is 37.7. The third-order valence-electron chi connectivity index (χ3n) is 14.5. The van der Waals surface area contributed by atoms with Crippen molar-refractivity contribution >= 4 is 36.1 Å². The van der Waals surface area contributed by atoms with Gasteiger partial charge in [-0.25, -0.2) is 19.2 Å². The number of hydrogen-bond acceptors (Lipinski definition) is 12. The van der Waals surface area contributed by atoms with Crippen LogP contribution in [-0.2, 0) is 47.6 Å². The fourth-order valence-electron chi connectivity index (χ4n) is 15.1. The summed E-state index contributed by atoms with van der Waals surface area (Å²) in [7, 11) is 0. The molecule has 2 amide bonds. The minimum atomic E-state index is -0.785. The minimum absolute atomic E-state index is 0.0436. The molecule has 0 saturated heterocycles. The zero-order valence-electron chi connectivity index (χ0n) is 37.7. The van der Waals surface area contributed by atoms with Crippen LogP contribution in [-0.4, -0.2) is 86.8 Å². The van der Waals surface area contributed by atoms with Gasteiger partial charge in [0, 0.05) is 38.1 Å². The van der Waals surface area contributed by atoms with Crippen molar-refractivity contribution in [3.63, 3.8) is 0 Å². The van der Waals surface area contributed by atoms with Crippen molar-refractivity contribution in [1.82, 2.24) is 10.6 Å². The third kappa shape index (κ3) is 10.4. The first kappa shape index (κ1) is 46.4. The van der Waals surface area contributed by atoms with E-state index in [0.717, 1.165) is 31.4 Å². The quantitative estimate of drug-likeness (QED) is 0.0561. The normalized spacial score (nSPS) is 36.8. The van der Waals surface area contributed by atoms with Gasteiger partial charge >= 0.3 is 36.1 Å². The van der Waals surface area contributed by atoms with Gasteiger partial charge in [0.1, 0.15) is 37.6 Å². The van der Waals surface area contributed by atoms with Gasteiger partial charge in [-0.1, -0.05) is 61.6 Å². The smallest absolute Gasteiger partial charge is 0.407 e. The molecule has 2 N–H and O–H groups in total. The number of esters is 4. The van der Waals surface area contributed by atoms with E-state index in [2.05, 4.69) is 72.3 Å². The molecule has 0 aromatic carbocycles. The number of amides is 2. The summed E-state index contributed by atoms with van der Waals surface area (Å²) in [6.07, 6.45) is 10.8. The average Bonchev–Trinajstić information content (AvgIpc) is 3.10. The topological polar surface area (TPSA) is 182 Å². The highest BCUT2D eigenvalue weighted by Gasteiger charge is 2.71. The lowest BCUT2D eigenvalue weighted by Crippen LogP contribution is -2.66. The second-order valence-corrected chi connectivity index (χ2v) is 22.6. The standard InChI is InChI=1S/C47H70N2O12/c1-10-33(50)56-14-16-58-35(52)44-21-40(6)19-41(7,22-44)26-46(25-40,29-44)60-37(54)48-13-12-32(3)18-39(4,5)31-49-38(55)61-47-27-42(8)20-43(9,28-47)24-45(23-42,30-47)36(53)59-17-15-57-34(51)11-2/h10-11,32H,1-2,12-31H2,3-9H3,(H,48,54)(H,49,55). The first-order valence-corrected chi connectivity index (χ1v) is 22.2. The highest BCUT2D eigenvalue weighted by Crippen LogP contribution is 2.73. The second-order valence-electron chi connectivity index (χ2n) is 22.6. The molecular weight excluding hydrogens is 785 g/mol. The molecule has 0 aromatic rings. The van der Waals surface area contributed by atoms with Crippen molar-refractivity contribution in [2.24, 2.45) is 43.8 Å². The van der Waals surface area contributed by atoms with Gasteiger partial charge < -0.3 is 39.1 Å². The maximum Gasteiger partial charge on any atom is 0.407 e. The zero-order chi connectivity index (χ0) is 44.8. The molecule has 0 heterocycles. The highest BCUT2D eigenvalue weighted by atomic mass is 16.6. The number of alkyl carbamates (subject to hydrolysis) is 2. The number of hydrogen-bond donors (Lipinski definition) is 2. The van der Waals surface area contributed by atoms with E-state index in [9.17, 15) is 28.8 Å². The van der Waals surface area contributed by atoms with Crippen LogP contribution in [0, 0.1) is 43.8 Å². The third-order valence-corrected chi connectivity index (χ3v) is 14.5. The fraction of sp³-hybridized carbons (Fsp3) is 0.787. The summed E-state index contributed by atoms with van der Waals surface area (Å²) in [5.74, 6) is -1.58. The SMILES string of the molecule is C=CC(=O)OCCOC(=O)C12CC3(C)CC(C)(CC(OC(=O)NCCC(C)CC(C)(C)CNC(=O)OC45CC6(C)CC(C)(C4)CC(C(=O)OCCOC(=O)C=C)(C6)C5)(C3)C1)C2. The molecule has 0 radical (unpaired) electrons. The fourth-order valence-corrected chi connectivity index (χ4v) is 15.1. The van der Waals surface area contributed by atoms with Crippen LogP contribution in [0.1, 0.15) is 138 Å². The lowest BCUT2D eigenvalue weighted by Gasteiger charge is -2.67. The van der Waals surface area contributed by atoms with Crippen LogP contribution >= 0.6 is 0 Å². The molecule has 8 saturated carbocycles. The molecule has 14 nitrogen and oxygen atoms in total. The molecule has 61 heavy (non-hydrogen) atoms. The van der Waals surface area contributed by atoms with Gasteiger partial charge in [-0.05, 0) is 110 Å². The van der Waals surface area contributed by atoms with Crippen LogP contribution in [0.4, 0.5) is 9.59 Å². The molecular formula is C47H70N2O12. The molecule has 340 valence electrons. The molecule has 0 aliphatic heterocycles. The van der Waals surface area contributed by atoms with Gasteiger partial charge in [0.05, 0.1) is 10.8 Å². The van der Waals surface area contributed by atoms with E-state index in [1.807, 2.05) is 0 Å². The maximum absolute atomic E-state index is 13.7. The van der Waals surface area contributed by atoms with Crippen molar-refractivity contribution < 1.29 is 57.2 Å². The van der Waals surface area contributed by atoms with E-state index in [0.29, 0.717) is 83.7 Å². The summed E-state index contributed by atoms with van der Waals surface area (Å²) in [4.78, 5) is 77.1. The number of ether oxygens (including phenoxy) is 6. The molecule has 0 aromatic heterocycles. The Morgan fingerprint density at radius 1 is 0.574 bits per heavy atom. The summed E-state index contributed by atoms with van der Waals surface area (Å²) in [6.45, 7) is 22.4. The summed E-state index contributed by atoms with van der Waals surface area (Å²) >= 11 is 0. The summed E-state index contributed by atoms with van der Waals surface area (Å²) < 4.78 is 33.9. The Bertz CT molecular complexity index is 1750. The number of rotatable bonds is 19.